The van der Waals surface area contributed by atoms with Crippen molar-refractivity contribution in [3.8, 4) is 0 Å². The molecular formula is C20H18O2. The maximum Gasteiger partial charge on any atom is 0.229 e. The molecule has 1 fully saturated rings. The lowest BCUT2D eigenvalue weighted by molar-refractivity contribution is -0.130. The van der Waals surface area contributed by atoms with Crippen LogP contribution in [0.4, 0.5) is 0 Å². The predicted octanol–water partition coefficient (Wildman–Crippen LogP) is 3.65. The van der Waals surface area contributed by atoms with Crippen LogP contribution < -0.4 is 0 Å². The Bertz CT molecular complexity index is 781. The van der Waals surface area contributed by atoms with Crippen molar-refractivity contribution in [1.29, 1.82) is 0 Å². The minimum absolute atomic E-state index is 0.0663. The lowest BCUT2D eigenvalue weighted by atomic mass is 9.69. The summed E-state index contributed by atoms with van der Waals surface area (Å²) >= 11 is 0. The van der Waals surface area contributed by atoms with Gasteiger partial charge in [0.25, 0.3) is 0 Å². The van der Waals surface area contributed by atoms with E-state index < -0.39 is 0 Å². The van der Waals surface area contributed by atoms with Crippen molar-refractivity contribution in [3.63, 3.8) is 0 Å². The Labute approximate surface area is 130 Å². The Morgan fingerprint density at radius 3 is 2.41 bits per heavy atom. The number of Topliss-reactive ketones (excluding diaryl/α,β-unsaturated/α-hetero) is 2. The molecule has 3 atom stereocenters. The van der Waals surface area contributed by atoms with Gasteiger partial charge in [0.05, 0.1) is 0 Å². The van der Waals surface area contributed by atoms with Gasteiger partial charge in [-0.2, -0.15) is 0 Å². The molecule has 22 heavy (non-hydrogen) atoms. The van der Waals surface area contributed by atoms with Crippen molar-refractivity contribution in [2.75, 3.05) is 0 Å². The zero-order valence-corrected chi connectivity index (χ0v) is 12.8. The van der Waals surface area contributed by atoms with Crippen molar-refractivity contribution < 1.29 is 9.59 Å². The number of allylic oxidation sites excluding steroid dienone is 12. The summed E-state index contributed by atoms with van der Waals surface area (Å²) in [7, 11) is 0. The van der Waals surface area contributed by atoms with Crippen LogP contribution in [-0.2, 0) is 9.59 Å². The lowest BCUT2D eigenvalue weighted by Gasteiger charge is -2.34. The molecule has 0 aliphatic heterocycles. The van der Waals surface area contributed by atoms with Gasteiger partial charge in [0.1, 0.15) is 0 Å². The van der Waals surface area contributed by atoms with E-state index in [1.54, 1.807) is 0 Å². The van der Waals surface area contributed by atoms with Crippen molar-refractivity contribution in [3.05, 3.63) is 70.4 Å². The van der Waals surface area contributed by atoms with E-state index in [1.165, 1.54) is 16.7 Å². The smallest absolute Gasteiger partial charge is 0.229 e. The van der Waals surface area contributed by atoms with Crippen LogP contribution in [0.2, 0.25) is 0 Å². The third kappa shape index (κ3) is 1.67. The highest BCUT2D eigenvalue weighted by Crippen LogP contribution is 2.48. The van der Waals surface area contributed by atoms with Gasteiger partial charge in [-0.1, -0.05) is 49.5 Å². The van der Waals surface area contributed by atoms with Crippen LogP contribution in [0.1, 0.15) is 20.3 Å². The van der Waals surface area contributed by atoms with Gasteiger partial charge in [-0.3, -0.25) is 9.59 Å². The third-order valence-corrected chi connectivity index (χ3v) is 5.24. The van der Waals surface area contributed by atoms with Crippen LogP contribution in [0.5, 0.6) is 0 Å². The Balaban J connectivity index is 1.87. The highest BCUT2D eigenvalue weighted by molar-refractivity contribution is 6.52. The van der Waals surface area contributed by atoms with Gasteiger partial charge in [-0.25, -0.2) is 0 Å². The molecule has 2 heteroatoms. The molecule has 3 unspecified atom stereocenters. The van der Waals surface area contributed by atoms with E-state index in [1.807, 2.05) is 18.2 Å². The fourth-order valence-electron chi connectivity index (χ4n) is 4.25. The monoisotopic (exact) mass is 290 g/mol. The molecule has 0 bridgehead atoms. The van der Waals surface area contributed by atoms with E-state index in [-0.39, 0.29) is 23.4 Å². The van der Waals surface area contributed by atoms with Crippen molar-refractivity contribution in [2.45, 2.75) is 20.3 Å². The first-order valence-corrected chi connectivity index (χ1v) is 7.86. The van der Waals surface area contributed by atoms with Crippen LogP contribution in [-0.4, -0.2) is 11.6 Å². The zero-order chi connectivity index (χ0) is 15.4. The molecule has 0 N–H and O–H groups in total. The van der Waals surface area contributed by atoms with Crippen molar-refractivity contribution in [1.82, 2.24) is 0 Å². The standard InChI is InChI=1S/C20H18O2/c1-11-5-3-6-12(2)17(11)14-9-10-16-18-13(14)7-4-8-15(18)19(21)20(16)22/h3-5,7-10,12-13,18H,6H2,1-2H3. The van der Waals surface area contributed by atoms with Gasteiger partial charge in [0.15, 0.2) is 0 Å². The van der Waals surface area contributed by atoms with E-state index in [4.69, 9.17) is 0 Å². The molecule has 4 rings (SSSR count). The molecule has 110 valence electrons. The summed E-state index contributed by atoms with van der Waals surface area (Å²) in [6, 6.07) is 0. The quantitative estimate of drug-likeness (QED) is 0.691. The van der Waals surface area contributed by atoms with Gasteiger partial charge in [0.2, 0.25) is 11.6 Å². The molecule has 0 saturated heterocycles. The van der Waals surface area contributed by atoms with Crippen molar-refractivity contribution in [2.24, 2.45) is 17.8 Å². The largest absolute Gasteiger partial charge is 0.285 e. The summed E-state index contributed by atoms with van der Waals surface area (Å²) in [5.41, 5.74) is 5.29. The summed E-state index contributed by atoms with van der Waals surface area (Å²) < 4.78 is 0. The average molecular weight is 290 g/mol. The second-order valence-electron chi connectivity index (χ2n) is 6.55. The SMILES string of the molecule is CC1=C(C2=CC=C3C(=O)C(=O)C4=CC=CC2C43)C(C)CC=C1. The van der Waals surface area contributed by atoms with E-state index in [2.05, 4.69) is 38.2 Å². The predicted molar refractivity (Wildman–Crippen MR) is 86.0 cm³/mol. The molecule has 0 aromatic carbocycles. The molecule has 4 aliphatic rings. The fraction of sp³-hybridized carbons (Fsp3) is 0.300. The summed E-state index contributed by atoms with van der Waals surface area (Å²) in [6.45, 7) is 4.40. The maximum atomic E-state index is 12.2. The zero-order valence-electron chi connectivity index (χ0n) is 12.8. The summed E-state index contributed by atoms with van der Waals surface area (Å²) in [4.78, 5) is 24.3. The minimum Gasteiger partial charge on any atom is -0.285 e. The fourth-order valence-corrected chi connectivity index (χ4v) is 4.25. The van der Waals surface area contributed by atoms with E-state index in [0.717, 1.165) is 6.42 Å². The van der Waals surface area contributed by atoms with Crippen LogP contribution >= 0.6 is 0 Å². The summed E-state index contributed by atoms with van der Waals surface area (Å²) in [5.74, 6) is -0.107. The van der Waals surface area contributed by atoms with Crippen LogP contribution in [0, 0.1) is 17.8 Å². The van der Waals surface area contributed by atoms with Crippen molar-refractivity contribution >= 4 is 11.6 Å². The normalized spacial score (nSPS) is 32.8. The number of hydrogen-bond acceptors (Lipinski definition) is 2. The molecule has 0 heterocycles. The van der Waals surface area contributed by atoms with Crippen LogP contribution in [0.15, 0.2) is 70.4 Å². The number of ketones is 2. The first-order valence-electron chi connectivity index (χ1n) is 7.86. The molecular weight excluding hydrogens is 272 g/mol. The number of carbonyl (C=O) groups excluding carboxylic acids is 2. The van der Waals surface area contributed by atoms with Gasteiger partial charge in [-0.15, -0.1) is 0 Å². The first-order chi connectivity index (χ1) is 10.6. The molecule has 0 spiro atoms. The Morgan fingerprint density at radius 1 is 1.00 bits per heavy atom. The number of carbonyl (C=O) groups is 2. The number of rotatable bonds is 1. The number of hydrogen-bond donors (Lipinski definition) is 0. The van der Waals surface area contributed by atoms with Gasteiger partial charge in [0, 0.05) is 23.0 Å². The Hall–Kier alpha value is -2.22. The molecule has 0 aromatic heterocycles. The first kappa shape index (κ1) is 13.4. The second-order valence-corrected chi connectivity index (χ2v) is 6.55. The van der Waals surface area contributed by atoms with Gasteiger partial charge in [-0.05, 0) is 36.0 Å². The van der Waals surface area contributed by atoms with E-state index in [9.17, 15) is 9.59 Å². The summed E-state index contributed by atoms with van der Waals surface area (Å²) in [6.07, 6.45) is 15.3. The Kier molecular flexibility index (Phi) is 2.83. The molecule has 1 saturated carbocycles. The van der Waals surface area contributed by atoms with Gasteiger partial charge < -0.3 is 0 Å². The average Bonchev–Trinajstić information content (AvgIpc) is 2.76. The molecule has 2 nitrogen and oxygen atoms in total. The lowest BCUT2D eigenvalue weighted by Crippen LogP contribution is -2.24. The topological polar surface area (TPSA) is 34.1 Å². The minimum atomic E-state index is -0.317. The van der Waals surface area contributed by atoms with E-state index >= 15 is 0 Å². The van der Waals surface area contributed by atoms with Gasteiger partial charge >= 0.3 is 0 Å². The molecule has 0 amide bonds. The second kappa shape index (κ2) is 4.64. The van der Waals surface area contributed by atoms with Crippen LogP contribution in [0.25, 0.3) is 0 Å². The molecule has 4 aliphatic carbocycles. The maximum absolute atomic E-state index is 12.2. The highest BCUT2D eigenvalue weighted by atomic mass is 16.2. The highest BCUT2D eigenvalue weighted by Gasteiger charge is 2.47. The molecule has 0 radical (unpaired) electrons. The van der Waals surface area contributed by atoms with Crippen LogP contribution in [0.3, 0.4) is 0 Å². The summed E-state index contributed by atoms with van der Waals surface area (Å²) in [5, 5.41) is 0. The van der Waals surface area contributed by atoms with E-state index in [0.29, 0.717) is 17.1 Å². The molecule has 0 aromatic rings. The Morgan fingerprint density at radius 2 is 1.68 bits per heavy atom. The third-order valence-electron chi connectivity index (χ3n) is 5.24.